The molecule has 2 aromatic carbocycles. The van der Waals surface area contributed by atoms with Crippen LogP contribution in [0.25, 0.3) is 11.1 Å². The summed E-state index contributed by atoms with van der Waals surface area (Å²) in [6.07, 6.45) is -0.979. The van der Waals surface area contributed by atoms with Crippen molar-refractivity contribution in [3.05, 3.63) is 59.7 Å². The highest BCUT2D eigenvalue weighted by Crippen LogP contribution is 2.44. The maximum absolute atomic E-state index is 12.1. The SMILES string of the molecule is COP(=O)(O)OCC(NC(=O)OCC1c2ccccc2-c2ccccc21)C(=O)O. The van der Waals surface area contributed by atoms with E-state index in [1.807, 2.05) is 48.5 Å². The molecular formula is C19H20NO8P. The van der Waals surface area contributed by atoms with Gasteiger partial charge in [0.2, 0.25) is 0 Å². The van der Waals surface area contributed by atoms with E-state index in [-0.39, 0.29) is 12.5 Å². The normalized spacial score (nSPS) is 15.7. The van der Waals surface area contributed by atoms with Crippen LogP contribution in [0.1, 0.15) is 17.0 Å². The lowest BCUT2D eigenvalue weighted by Gasteiger charge is -2.18. The number of fused-ring (bicyclic) bond motifs is 3. The van der Waals surface area contributed by atoms with Crippen molar-refractivity contribution in [2.45, 2.75) is 12.0 Å². The van der Waals surface area contributed by atoms with Crippen LogP contribution in [-0.2, 0) is 23.1 Å². The Kier molecular flexibility index (Phi) is 6.34. The van der Waals surface area contributed by atoms with Crippen molar-refractivity contribution in [2.75, 3.05) is 20.3 Å². The van der Waals surface area contributed by atoms with Crippen molar-refractivity contribution in [2.24, 2.45) is 0 Å². The quantitative estimate of drug-likeness (QED) is 0.555. The molecule has 2 atom stereocenters. The minimum atomic E-state index is -4.37. The fourth-order valence-electron chi connectivity index (χ4n) is 3.18. The highest BCUT2D eigenvalue weighted by molar-refractivity contribution is 7.47. The van der Waals surface area contributed by atoms with Gasteiger partial charge in [0.1, 0.15) is 6.61 Å². The summed E-state index contributed by atoms with van der Waals surface area (Å²) >= 11 is 0. The number of nitrogens with one attached hydrogen (secondary N) is 1. The Morgan fingerprint density at radius 2 is 1.66 bits per heavy atom. The maximum atomic E-state index is 12.1. The van der Waals surface area contributed by atoms with E-state index in [9.17, 15) is 19.0 Å². The first-order valence-corrected chi connectivity index (χ1v) is 10.2. The lowest BCUT2D eigenvalue weighted by molar-refractivity contribution is -0.140. The summed E-state index contributed by atoms with van der Waals surface area (Å²) in [5.41, 5.74) is 4.15. The summed E-state index contributed by atoms with van der Waals surface area (Å²) in [5, 5.41) is 11.3. The number of carbonyl (C=O) groups excluding carboxylic acids is 1. The zero-order valence-corrected chi connectivity index (χ0v) is 16.4. The molecular weight excluding hydrogens is 401 g/mol. The smallest absolute Gasteiger partial charge is 0.471 e. The molecule has 0 saturated carbocycles. The number of amides is 1. The fraction of sp³-hybridized carbons (Fsp3) is 0.263. The molecule has 3 rings (SSSR count). The second-order valence-corrected chi connectivity index (χ2v) is 7.87. The van der Waals surface area contributed by atoms with Crippen LogP contribution < -0.4 is 5.32 Å². The number of carbonyl (C=O) groups is 2. The molecule has 9 nitrogen and oxygen atoms in total. The predicted octanol–water partition coefficient (Wildman–Crippen LogP) is 2.74. The van der Waals surface area contributed by atoms with Gasteiger partial charge < -0.3 is 20.1 Å². The Balaban J connectivity index is 1.64. The van der Waals surface area contributed by atoms with Gasteiger partial charge in [-0.25, -0.2) is 14.2 Å². The summed E-state index contributed by atoms with van der Waals surface area (Å²) < 4.78 is 25.3. The lowest BCUT2D eigenvalue weighted by Crippen LogP contribution is -2.44. The summed E-state index contributed by atoms with van der Waals surface area (Å²) in [6.45, 7) is -0.759. The Labute approximate surface area is 166 Å². The van der Waals surface area contributed by atoms with Crippen LogP contribution in [0, 0.1) is 0 Å². The maximum Gasteiger partial charge on any atom is 0.471 e. The van der Waals surface area contributed by atoms with Crippen molar-refractivity contribution in [3.63, 3.8) is 0 Å². The topological polar surface area (TPSA) is 131 Å². The van der Waals surface area contributed by atoms with Crippen LogP contribution in [-0.4, -0.2) is 48.4 Å². The molecule has 0 aliphatic heterocycles. The van der Waals surface area contributed by atoms with Crippen molar-refractivity contribution in [3.8, 4) is 11.1 Å². The van der Waals surface area contributed by atoms with Crippen LogP contribution in [0.3, 0.4) is 0 Å². The van der Waals surface area contributed by atoms with Crippen LogP contribution >= 0.6 is 7.82 Å². The minimum Gasteiger partial charge on any atom is -0.480 e. The van der Waals surface area contributed by atoms with Crippen LogP contribution in [0.2, 0.25) is 0 Å². The van der Waals surface area contributed by atoms with Gasteiger partial charge in [-0.15, -0.1) is 0 Å². The molecule has 0 saturated heterocycles. The van der Waals surface area contributed by atoms with Gasteiger partial charge in [-0.05, 0) is 22.3 Å². The molecule has 2 aromatic rings. The van der Waals surface area contributed by atoms with Crippen LogP contribution in [0.4, 0.5) is 4.79 Å². The van der Waals surface area contributed by atoms with Gasteiger partial charge in [-0.2, -0.15) is 0 Å². The molecule has 0 aromatic heterocycles. The highest BCUT2D eigenvalue weighted by Gasteiger charge is 2.30. The standard InChI is InChI=1S/C19H20NO8P/c1-26-29(24,25)28-11-17(18(21)22)20-19(23)27-10-16-14-8-4-2-6-12(14)13-7-3-5-9-15(13)16/h2-9,16-17H,10-11H2,1H3,(H,20,23)(H,21,22)(H,24,25). The molecule has 0 radical (unpaired) electrons. The first-order chi connectivity index (χ1) is 13.8. The highest BCUT2D eigenvalue weighted by atomic mass is 31.2. The van der Waals surface area contributed by atoms with E-state index in [1.165, 1.54) is 0 Å². The lowest BCUT2D eigenvalue weighted by atomic mass is 9.98. The van der Waals surface area contributed by atoms with Gasteiger partial charge in [-0.1, -0.05) is 48.5 Å². The number of hydrogen-bond acceptors (Lipinski definition) is 6. The number of carboxylic acids is 1. The third kappa shape index (κ3) is 4.83. The third-order valence-electron chi connectivity index (χ3n) is 4.57. The number of phosphoric ester groups is 1. The molecule has 2 unspecified atom stereocenters. The molecule has 1 aliphatic rings. The van der Waals surface area contributed by atoms with E-state index in [2.05, 4.69) is 14.4 Å². The van der Waals surface area contributed by atoms with Gasteiger partial charge in [0.05, 0.1) is 6.61 Å². The largest absolute Gasteiger partial charge is 0.480 e. The van der Waals surface area contributed by atoms with Crippen molar-refractivity contribution in [1.82, 2.24) is 5.32 Å². The van der Waals surface area contributed by atoms with Crippen LogP contribution in [0.5, 0.6) is 0 Å². The van der Waals surface area contributed by atoms with Crippen molar-refractivity contribution < 1.29 is 37.9 Å². The minimum absolute atomic E-state index is 0.00359. The molecule has 1 amide bonds. The monoisotopic (exact) mass is 421 g/mol. The zero-order chi connectivity index (χ0) is 21.0. The summed E-state index contributed by atoms with van der Waals surface area (Å²) in [4.78, 5) is 32.6. The van der Waals surface area contributed by atoms with Gasteiger partial charge >= 0.3 is 19.9 Å². The van der Waals surface area contributed by atoms with Crippen molar-refractivity contribution in [1.29, 1.82) is 0 Å². The van der Waals surface area contributed by atoms with Crippen LogP contribution in [0.15, 0.2) is 48.5 Å². The molecule has 10 heteroatoms. The average molecular weight is 421 g/mol. The number of benzene rings is 2. The summed E-state index contributed by atoms with van der Waals surface area (Å²) in [5.74, 6) is -1.63. The Bertz CT molecular complexity index is 917. The molecule has 0 fully saturated rings. The molecule has 29 heavy (non-hydrogen) atoms. The number of carboxylic acid groups (broad SMARTS) is 1. The van der Waals surface area contributed by atoms with Gasteiger partial charge in [0, 0.05) is 13.0 Å². The number of phosphoric acid groups is 1. The second kappa shape index (κ2) is 8.75. The molecule has 0 spiro atoms. The number of ether oxygens (including phenoxy) is 1. The van der Waals surface area contributed by atoms with E-state index >= 15 is 0 Å². The first kappa shape index (κ1) is 21.0. The van der Waals surface area contributed by atoms with Gasteiger partial charge in [0.15, 0.2) is 6.04 Å². The van der Waals surface area contributed by atoms with Gasteiger partial charge in [-0.3, -0.25) is 9.05 Å². The molecule has 154 valence electrons. The van der Waals surface area contributed by atoms with E-state index in [1.54, 1.807) is 0 Å². The number of hydrogen-bond donors (Lipinski definition) is 3. The molecule has 0 bridgehead atoms. The molecule has 0 heterocycles. The molecule has 1 aliphatic carbocycles. The van der Waals surface area contributed by atoms with Gasteiger partial charge in [0.25, 0.3) is 0 Å². The van der Waals surface area contributed by atoms with E-state index in [4.69, 9.17) is 9.84 Å². The Hall–Kier alpha value is -2.71. The van der Waals surface area contributed by atoms with E-state index < -0.39 is 32.5 Å². The average Bonchev–Trinajstić information content (AvgIpc) is 3.03. The molecule has 3 N–H and O–H groups in total. The fourth-order valence-corrected chi connectivity index (χ4v) is 3.62. The number of alkyl carbamates (subject to hydrolysis) is 1. The van der Waals surface area contributed by atoms with E-state index in [0.717, 1.165) is 29.4 Å². The Morgan fingerprint density at radius 3 is 2.17 bits per heavy atom. The number of aliphatic carboxylic acids is 1. The Morgan fingerprint density at radius 1 is 1.10 bits per heavy atom. The number of rotatable bonds is 8. The summed E-state index contributed by atoms with van der Waals surface area (Å²) in [6, 6.07) is 14.0. The third-order valence-corrected chi connectivity index (χ3v) is 5.51. The second-order valence-electron chi connectivity index (χ2n) is 6.31. The van der Waals surface area contributed by atoms with Crippen molar-refractivity contribution >= 4 is 19.9 Å². The predicted molar refractivity (Wildman–Crippen MR) is 102 cm³/mol. The first-order valence-electron chi connectivity index (χ1n) is 8.70. The zero-order valence-electron chi connectivity index (χ0n) is 15.5. The summed E-state index contributed by atoms with van der Waals surface area (Å²) in [7, 11) is -3.43. The van der Waals surface area contributed by atoms with E-state index in [0.29, 0.717) is 0 Å².